The van der Waals surface area contributed by atoms with Crippen LogP contribution in [0.1, 0.15) is 57.8 Å². The molecule has 26 heavy (non-hydrogen) atoms. The van der Waals surface area contributed by atoms with Crippen molar-refractivity contribution in [1.29, 1.82) is 0 Å². The Kier molecular flexibility index (Phi) is 5.41. The first-order valence-electron chi connectivity index (χ1n) is 8.83. The van der Waals surface area contributed by atoms with E-state index in [1.54, 1.807) is 11.4 Å². The minimum Gasteiger partial charge on any atom is -0.338 e. The second-order valence-electron chi connectivity index (χ2n) is 7.67. The number of aromatic nitrogens is 2. The van der Waals surface area contributed by atoms with Gasteiger partial charge in [0.2, 0.25) is 17.7 Å². The van der Waals surface area contributed by atoms with Gasteiger partial charge in [-0.25, -0.2) is 4.98 Å². The van der Waals surface area contributed by atoms with Crippen LogP contribution in [0.5, 0.6) is 0 Å². The highest BCUT2D eigenvalue weighted by molar-refractivity contribution is 7.13. The zero-order valence-electron chi connectivity index (χ0n) is 15.3. The first-order chi connectivity index (χ1) is 12.3. The second-order valence-corrected chi connectivity index (χ2v) is 8.52. The highest BCUT2D eigenvalue weighted by Crippen LogP contribution is 2.27. The fourth-order valence-electron chi connectivity index (χ4n) is 2.87. The summed E-state index contributed by atoms with van der Waals surface area (Å²) in [6.07, 6.45) is 4.22. The lowest BCUT2D eigenvalue weighted by Crippen LogP contribution is -2.20. The zero-order valence-corrected chi connectivity index (χ0v) is 16.1. The van der Waals surface area contributed by atoms with E-state index in [1.165, 1.54) is 11.3 Å². The van der Waals surface area contributed by atoms with E-state index in [-0.39, 0.29) is 29.6 Å². The van der Waals surface area contributed by atoms with Crippen LogP contribution in [0.3, 0.4) is 0 Å². The fourth-order valence-corrected chi connectivity index (χ4v) is 3.59. The molecule has 0 saturated heterocycles. The predicted molar refractivity (Wildman–Crippen MR) is 100 cm³/mol. The van der Waals surface area contributed by atoms with Gasteiger partial charge in [-0.05, 0) is 12.8 Å². The van der Waals surface area contributed by atoms with E-state index in [2.05, 4.69) is 20.8 Å². The summed E-state index contributed by atoms with van der Waals surface area (Å²) in [4.78, 5) is 28.6. The molecule has 2 heterocycles. The maximum Gasteiger partial charge on any atom is 0.232 e. The predicted octanol–water partition coefficient (Wildman–Crippen LogP) is 3.74. The molecule has 0 spiro atoms. The highest BCUT2D eigenvalue weighted by atomic mass is 32.1. The van der Waals surface area contributed by atoms with Crippen molar-refractivity contribution < 1.29 is 14.1 Å². The Morgan fingerprint density at radius 2 is 2.00 bits per heavy atom. The Morgan fingerprint density at radius 1 is 1.27 bits per heavy atom. The Hall–Kier alpha value is -2.22. The standard InChI is InChI=1S/C18H24N4O3S/c1-18(2,3)13-9-15(25-22-13)20-14(23)8-12-10-26-17(19-12)21-16(24)11-6-4-5-7-11/h9-11H,4-8H2,1-3H3,(H,20,23)(H,19,21,24). The molecule has 1 aliphatic rings. The van der Waals surface area contributed by atoms with Gasteiger partial charge in [-0.3, -0.25) is 14.9 Å². The van der Waals surface area contributed by atoms with Gasteiger partial charge in [0.25, 0.3) is 0 Å². The van der Waals surface area contributed by atoms with Crippen LogP contribution in [0, 0.1) is 5.92 Å². The van der Waals surface area contributed by atoms with Crippen LogP contribution in [0.15, 0.2) is 16.0 Å². The molecule has 0 aromatic carbocycles. The maximum atomic E-state index is 12.2. The van der Waals surface area contributed by atoms with Gasteiger partial charge in [0, 0.05) is 22.8 Å². The molecule has 0 aliphatic heterocycles. The van der Waals surface area contributed by atoms with E-state index in [0.717, 1.165) is 31.4 Å². The molecule has 0 radical (unpaired) electrons. The van der Waals surface area contributed by atoms with Crippen molar-refractivity contribution in [3.05, 3.63) is 22.8 Å². The Labute approximate surface area is 156 Å². The molecule has 140 valence electrons. The van der Waals surface area contributed by atoms with Gasteiger partial charge in [0.1, 0.15) is 0 Å². The van der Waals surface area contributed by atoms with Crippen LogP contribution in [0.2, 0.25) is 0 Å². The topological polar surface area (TPSA) is 97.1 Å². The molecule has 0 atom stereocenters. The SMILES string of the molecule is CC(C)(C)c1cc(NC(=O)Cc2csc(NC(=O)C3CCCC3)n2)on1. The number of nitrogens with one attached hydrogen (secondary N) is 2. The Bertz CT molecular complexity index is 784. The lowest BCUT2D eigenvalue weighted by Gasteiger charge is -2.12. The van der Waals surface area contributed by atoms with Crippen LogP contribution < -0.4 is 10.6 Å². The first kappa shape index (κ1) is 18.6. The van der Waals surface area contributed by atoms with Gasteiger partial charge >= 0.3 is 0 Å². The monoisotopic (exact) mass is 376 g/mol. The molecule has 0 unspecified atom stereocenters. The second kappa shape index (κ2) is 7.57. The van der Waals surface area contributed by atoms with Gasteiger partial charge in [0.15, 0.2) is 5.13 Å². The average Bonchev–Trinajstić information content (AvgIpc) is 3.27. The fraction of sp³-hybridized carbons (Fsp3) is 0.556. The van der Waals surface area contributed by atoms with Crippen molar-refractivity contribution in [1.82, 2.24) is 10.1 Å². The van der Waals surface area contributed by atoms with Crippen LogP contribution in [0.25, 0.3) is 0 Å². The number of amides is 2. The van der Waals surface area contributed by atoms with Gasteiger partial charge < -0.3 is 9.84 Å². The van der Waals surface area contributed by atoms with E-state index >= 15 is 0 Å². The van der Waals surface area contributed by atoms with Crippen molar-refractivity contribution in [2.45, 2.75) is 58.3 Å². The molecule has 1 saturated carbocycles. The quantitative estimate of drug-likeness (QED) is 0.828. The minimum atomic E-state index is -0.236. The lowest BCUT2D eigenvalue weighted by atomic mass is 9.92. The third-order valence-electron chi connectivity index (χ3n) is 4.39. The minimum absolute atomic E-state index is 0.0317. The van der Waals surface area contributed by atoms with Gasteiger partial charge in [-0.2, -0.15) is 0 Å². The van der Waals surface area contributed by atoms with Crippen molar-refractivity contribution in [3.63, 3.8) is 0 Å². The Morgan fingerprint density at radius 3 is 2.65 bits per heavy atom. The first-order valence-corrected chi connectivity index (χ1v) is 9.71. The number of rotatable bonds is 5. The molecule has 8 heteroatoms. The van der Waals surface area contributed by atoms with E-state index in [4.69, 9.17) is 4.52 Å². The van der Waals surface area contributed by atoms with Gasteiger partial charge in [-0.15, -0.1) is 11.3 Å². The molecule has 7 nitrogen and oxygen atoms in total. The number of carbonyl (C=O) groups excluding carboxylic acids is 2. The molecular formula is C18H24N4O3S. The van der Waals surface area contributed by atoms with Gasteiger partial charge in [0.05, 0.1) is 17.8 Å². The maximum absolute atomic E-state index is 12.2. The molecule has 3 rings (SSSR count). The number of hydrogen-bond acceptors (Lipinski definition) is 6. The van der Waals surface area contributed by atoms with Crippen molar-refractivity contribution >= 4 is 34.2 Å². The number of thiazole rings is 1. The molecule has 2 N–H and O–H groups in total. The number of hydrogen-bond donors (Lipinski definition) is 2. The molecule has 0 bridgehead atoms. The highest BCUT2D eigenvalue weighted by Gasteiger charge is 2.23. The lowest BCUT2D eigenvalue weighted by molar-refractivity contribution is -0.119. The summed E-state index contributed by atoms with van der Waals surface area (Å²) in [5, 5.41) is 11.8. The van der Waals surface area contributed by atoms with Crippen molar-refractivity contribution in [2.75, 3.05) is 10.6 Å². The van der Waals surface area contributed by atoms with Crippen molar-refractivity contribution in [3.8, 4) is 0 Å². The normalized spacial score (nSPS) is 15.2. The summed E-state index contributed by atoms with van der Waals surface area (Å²) < 4.78 is 5.16. The average molecular weight is 376 g/mol. The van der Waals surface area contributed by atoms with E-state index < -0.39 is 0 Å². The molecular weight excluding hydrogens is 352 g/mol. The summed E-state index contributed by atoms with van der Waals surface area (Å²) in [7, 11) is 0. The molecule has 2 aromatic heterocycles. The van der Waals surface area contributed by atoms with E-state index in [1.807, 2.05) is 20.8 Å². The summed E-state index contributed by atoms with van der Waals surface area (Å²) in [5.41, 5.74) is 1.25. The smallest absolute Gasteiger partial charge is 0.232 e. The van der Waals surface area contributed by atoms with Crippen LogP contribution in [-0.4, -0.2) is 22.0 Å². The largest absolute Gasteiger partial charge is 0.338 e. The van der Waals surface area contributed by atoms with Gasteiger partial charge in [-0.1, -0.05) is 38.8 Å². The third kappa shape index (κ3) is 4.69. The Balaban J connectivity index is 1.52. The molecule has 2 amide bonds. The molecule has 1 aliphatic carbocycles. The number of nitrogens with zero attached hydrogens (tertiary/aromatic N) is 2. The van der Waals surface area contributed by atoms with E-state index in [0.29, 0.717) is 16.7 Å². The molecule has 2 aromatic rings. The summed E-state index contributed by atoms with van der Waals surface area (Å²) in [6.45, 7) is 6.06. The summed E-state index contributed by atoms with van der Waals surface area (Å²) >= 11 is 1.33. The number of carbonyl (C=O) groups is 2. The third-order valence-corrected chi connectivity index (χ3v) is 5.20. The van der Waals surface area contributed by atoms with Crippen LogP contribution in [-0.2, 0) is 21.4 Å². The van der Waals surface area contributed by atoms with Crippen LogP contribution >= 0.6 is 11.3 Å². The summed E-state index contributed by atoms with van der Waals surface area (Å²) in [6, 6.07) is 1.73. The summed E-state index contributed by atoms with van der Waals surface area (Å²) in [5.74, 6) is 0.212. The van der Waals surface area contributed by atoms with Crippen LogP contribution in [0.4, 0.5) is 11.0 Å². The van der Waals surface area contributed by atoms with E-state index in [9.17, 15) is 9.59 Å². The number of anilines is 2. The molecule has 1 fully saturated rings. The van der Waals surface area contributed by atoms with Crippen molar-refractivity contribution in [2.24, 2.45) is 5.92 Å². The zero-order chi connectivity index (χ0) is 18.7.